The number of hydrogen-bond acceptors (Lipinski definition) is 6. The Morgan fingerprint density at radius 1 is 1.47 bits per heavy atom. The molecule has 0 fully saturated rings. The lowest BCUT2D eigenvalue weighted by Gasteiger charge is -2.06. The molecule has 2 heterocycles. The van der Waals surface area contributed by atoms with E-state index >= 15 is 0 Å². The van der Waals surface area contributed by atoms with Gasteiger partial charge in [0.15, 0.2) is 11.0 Å². The second kappa shape index (κ2) is 6.51. The van der Waals surface area contributed by atoms with Gasteiger partial charge in [-0.25, -0.2) is 0 Å². The van der Waals surface area contributed by atoms with Crippen LogP contribution in [0.1, 0.15) is 10.7 Å². The summed E-state index contributed by atoms with van der Waals surface area (Å²) in [5.41, 5.74) is 0. The van der Waals surface area contributed by atoms with Crippen molar-refractivity contribution in [3.05, 3.63) is 26.6 Å². The lowest BCUT2D eigenvalue weighted by molar-refractivity contribution is -0.133. The van der Waals surface area contributed by atoms with E-state index in [4.69, 9.17) is 5.11 Å². The quantitative estimate of drug-likeness (QED) is 0.761. The number of nitrogens with zero attached hydrogens (tertiary/aromatic N) is 3. The predicted molar refractivity (Wildman–Crippen MR) is 75.4 cm³/mol. The number of hydrogen-bond donors (Lipinski definition) is 2. The van der Waals surface area contributed by atoms with Crippen LogP contribution in [0.3, 0.4) is 0 Å². The number of aromatic nitrogens is 3. The maximum Gasteiger partial charge on any atom is 0.313 e. The number of carbonyl (C=O) groups is 1. The predicted octanol–water partition coefficient (Wildman–Crippen LogP) is 1.82. The fraction of sp³-hybridized carbons (Fsp3) is 0.300. The van der Waals surface area contributed by atoms with Gasteiger partial charge in [0.1, 0.15) is 6.61 Å². The van der Waals surface area contributed by atoms with Crippen LogP contribution in [0.25, 0.3) is 0 Å². The number of rotatable bonds is 6. The Balaban J connectivity index is 2.20. The van der Waals surface area contributed by atoms with Crippen LogP contribution in [-0.2, 0) is 17.9 Å². The molecule has 2 N–H and O–H groups in total. The molecule has 0 bridgehead atoms. The van der Waals surface area contributed by atoms with Gasteiger partial charge in [-0.05, 0) is 28.1 Å². The number of halogens is 1. The van der Waals surface area contributed by atoms with E-state index in [1.807, 2.05) is 12.1 Å². The fourth-order valence-electron chi connectivity index (χ4n) is 1.42. The molecule has 0 radical (unpaired) electrons. The average molecular weight is 364 g/mol. The van der Waals surface area contributed by atoms with Crippen molar-refractivity contribution < 1.29 is 15.0 Å². The molecule has 0 unspecified atom stereocenters. The number of aliphatic carboxylic acids is 1. The summed E-state index contributed by atoms with van der Waals surface area (Å²) in [6.07, 6.45) is 0. The Bertz CT molecular complexity index is 584. The monoisotopic (exact) mass is 363 g/mol. The van der Waals surface area contributed by atoms with Crippen LogP contribution in [-0.4, -0.2) is 36.7 Å². The van der Waals surface area contributed by atoms with Crippen molar-refractivity contribution in [3.8, 4) is 0 Å². The lowest BCUT2D eigenvalue weighted by atomic mass is 10.4. The second-order valence-electron chi connectivity index (χ2n) is 3.53. The Morgan fingerprint density at radius 3 is 2.84 bits per heavy atom. The van der Waals surface area contributed by atoms with Crippen molar-refractivity contribution in [2.45, 2.75) is 18.3 Å². The number of thiophene rings is 1. The number of carboxylic acid groups (broad SMARTS) is 1. The van der Waals surface area contributed by atoms with Crippen LogP contribution in [0.4, 0.5) is 0 Å². The van der Waals surface area contributed by atoms with Crippen LogP contribution in [0, 0.1) is 0 Å². The lowest BCUT2D eigenvalue weighted by Crippen LogP contribution is -2.07. The highest BCUT2D eigenvalue weighted by atomic mass is 79.9. The molecule has 0 aliphatic heterocycles. The van der Waals surface area contributed by atoms with E-state index in [0.717, 1.165) is 20.4 Å². The maximum absolute atomic E-state index is 10.6. The summed E-state index contributed by atoms with van der Waals surface area (Å²) in [6.45, 7) is 0.286. The van der Waals surface area contributed by atoms with Crippen LogP contribution < -0.4 is 0 Å². The molecule has 0 spiro atoms. The van der Waals surface area contributed by atoms with Gasteiger partial charge in [0.05, 0.1) is 16.1 Å². The Morgan fingerprint density at radius 2 is 2.26 bits per heavy atom. The first-order chi connectivity index (χ1) is 9.10. The smallest absolute Gasteiger partial charge is 0.313 e. The minimum Gasteiger partial charge on any atom is -0.481 e. The number of carboxylic acids is 1. The Kier molecular flexibility index (Phi) is 4.97. The minimum atomic E-state index is -0.913. The van der Waals surface area contributed by atoms with Crippen molar-refractivity contribution in [1.29, 1.82) is 0 Å². The molecule has 0 aliphatic carbocycles. The molecule has 0 atom stereocenters. The molecule has 19 heavy (non-hydrogen) atoms. The summed E-state index contributed by atoms with van der Waals surface area (Å²) in [5, 5.41) is 26.2. The van der Waals surface area contributed by atoms with E-state index in [2.05, 4.69) is 26.1 Å². The SMILES string of the molecule is O=C(O)CSc1nnc(CO)n1Cc1ccc(Br)s1. The highest BCUT2D eigenvalue weighted by molar-refractivity contribution is 9.11. The summed E-state index contributed by atoms with van der Waals surface area (Å²) in [5.74, 6) is -0.570. The third-order valence-corrected chi connectivity index (χ3v) is 4.76. The van der Waals surface area contributed by atoms with Gasteiger partial charge < -0.3 is 10.2 Å². The third kappa shape index (κ3) is 3.78. The molecular formula is C10H10BrN3O3S2. The zero-order valence-electron chi connectivity index (χ0n) is 9.61. The summed E-state index contributed by atoms with van der Waals surface area (Å²) >= 11 is 6.05. The van der Waals surface area contributed by atoms with E-state index < -0.39 is 5.97 Å². The molecule has 2 aromatic rings. The van der Waals surface area contributed by atoms with Gasteiger partial charge in [-0.15, -0.1) is 21.5 Å². The third-order valence-electron chi connectivity index (χ3n) is 2.20. The molecule has 0 saturated heterocycles. The molecule has 0 amide bonds. The molecule has 6 nitrogen and oxygen atoms in total. The number of aliphatic hydroxyl groups is 1. The number of aliphatic hydroxyl groups excluding tert-OH is 1. The van der Waals surface area contributed by atoms with Crippen LogP contribution in [0.15, 0.2) is 21.1 Å². The second-order valence-corrected chi connectivity index (χ2v) is 7.02. The largest absolute Gasteiger partial charge is 0.481 e. The summed E-state index contributed by atoms with van der Waals surface area (Å²) in [4.78, 5) is 11.7. The summed E-state index contributed by atoms with van der Waals surface area (Å²) in [7, 11) is 0. The number of thioether (sulfide) groups is 1. The van der Waals surface area contributed by atoms with Crippen LogP contribution in [0.2, 0.25) is 0 Å². The van der Waals surface area contributed by atoms with E-state index in [1.165, 1.54) is 0 Å². The van der Waals surface area contributed by atoms with Crippen molar-refractivity contribution in [1.82, 2.24) is 14.8 Å². The Labute approximate surface area is 125 Å². The van der Waals surface area contributed by atoms with Crippen LogP contribution in [0.5, 0.6) is 0 Å². The summed E-state index contributed by atoms with van der Waals surface area (Å²) < 4.78 is 2.74. The van der Waals surface area contributed by atoms with Crippen LogP contribution >= 0.6 is 39.0 Å². The Hall–Kier alpha value is -0.900. The van der Waals surface area contributed by atoms with Gasteiger partial charge in [-0.2, -0.15) is 0 Å². The highest BCUT2D eigenvalue weighted by Crippen LogP contribution is 2.25. The molecular weight excluding hydrogens is 354 g/mol. The van der Waals surface area contributed by atoms with Crippen molar-refractivity contribution in [2.24, 2.45) is 0 Å². The van der Waals surface area contributed by atoms with E-state index in [-0.39, 0.29) is 12.4 Å². The van der Waals surface area contributed by atoms with Crippen molar-refractivity contribution in [2.75, 3.05) is 5.75 Å². The van der Waals surface area contributed by atoms with Gasteiger partial charge in [-0.1, -0.05) is 11.8 Å². The van der Waals surface area contributed by atoms with Gasteiger partial charge in [0, 0.05) is 4.88 Å². The van der Waals surface area contributed by atoms with E-state index in [1.54, 1.807) is 15.9 Å². The first kappa shape index (κ1) is 14.5. The maximum atomic E-state index is 10.6. The normalized spacial score (nSPS) is 10.8. The summed E-state index contributed by atoms with van der Waals surface area (Å²) in [6, 6.07) is 3.90. The fourth-order valence-corrected chi connectivity index (χ4v) is 3.57. The molecule has 0 aliphatic rings. The van der Waals surface area contributed by atoms with Gasteiger partial charge in [-0.3, -0.25) is 9.36 Å². The molecule has 2 aromatic heterocycles. The van der Waals surface area contributed by atoms with Gasteiger partial charge in [0.25, 0.3) is 0 Å². The molecule has 0 saturated carbocycles. The first-order valence-electron chi connectivity index (χ1n) is 5.22. The van der Waals surface area contributed by atoms with Gasteiger partial charge >= 0.3 is 5.97 Å². The molecule has 9 heteroatoms. The molecule has 2 rings (SSSR count). The van der Waals surface area contributed by atoms with Gasteiger partial charge in [0.2, 0.25) is 0 Å². The zero-order valence-corrected chi connectivity index (χ0v) is 12.8. The van der Waals surface area contributed by atoms with Crippen molar-refractivity contribution in [3.63, 3.8) is 0 Å². The topological polar surface area (TPSA) is 88.2 Å². The highest BCUT2D eigenvalue weighted by Gasteiger charge is 2.14. The molecule has 102 valence electrons. The van der Waals surface area contributed by atoms with E-state index in [9.17, 15) is 9.90 Å². The first-order valence-corrected chi connectivity index (χ1v) is 7.81. The average Bonchev–Trinajstić information content (AvgIpc) is 2.94. The minimum absolute atomic E-state index is 0.0856. The van der Waals surface area contributed by atoms with Crippen molar-refractivity contribution >= 4 is 45.0 Å². The zero-order chi connectivity index (χ0) is 13.8. The standard InChI is InChI=1S/C10H10BrN3O3S2/c11-7-2-1-6(19-7)3-14-8(4-15)12-13-10(14)18-5-9(16)17/h1-2,15H,3-5H2,(H,16,17). The molecule has 0 aromatic carbocycles. The van der Waals surface area contributed by atoms with E-state index in [0.29, 0.717) is 17.5 Å².